The van der Waals surface area contributed by atoms with E-state index in [2.05, 4.69) is 65.4 Å². The first-order chi connectivity index (χ1) is 10.1. The molecule has 2 aromatic carbocycles. The summed E-state index contributed by atoms with van der Waals surface area (Å²) in [6.45, 7) is 5.37. The number of nitrogens with one attached hydrogen (secondary N) is 1. The molecular weight excluding hydrogens is 346 g/mol. The third kappa shape index (κ3) is 4.84. The van der Waals surface area contributed by atoms with E-state index in [9.17, 15) is 0 Å². The Balaban J connectivity index is 2.27. The van der Waals surface area contributed by atoms with Gasteiger partial charge in [0.05, 0.1) is 0 Å². The highest BCUT2D eigenvalue weighted by Gasteiger charge is 2.14. The van der Waals surface area contributed by atoms with Crippen LogP contribution in [0.25, 0.3) is 0 Å². The average molecular weight is 367 g/mol. The Morgan fingerprint density at radius 3 is 2.71 bits per heavy atom. The minimum atomic E-state index is 0.306. The highest BCUT2D eigenvalue weighted by molar-refractivity contribution is 9.10. The van der Waals surface area contributed by atoms with Gasteiger partial charge in [0.2, 0.25) is 0 Å². The number of hydrogen-bond acceptors (Lipinski definition) is 1. The Kier molecular flexibility index (Phi) is 6.28. The molecule has 0 saturated carbocycles. The second-order valence-corrected chi connectivity index (χ2v) is 6.69. The van der Waals surface area contributed by atoms with Gasteiger partial charge in [-0.2, -0.15) is 0 Å². The van der Waals surface area contributed by atoms with Crippen molar-refractivity contribution in [1.82, 2.24) is 5.32 Å². The van der Waals surface area contributed by atoms with Crippen molar-refractivity contribution in [3.8, 4) is 0 Å². The monoisotopic (exact) mass is 365 g/mol. The number of hydrogen-bond donors (Lipinski definition) is 1. The Morgan fingerprint density at radius 1 is 1.19 bits per heavy atom. The molecule has 0 aliphatic heterocycles. The van der Waals surface area contributed by atoms with E-state index in [0.717, 1.165) is 28.9 Å². The van der Waals surface area contributed by atoms with Gasteiger partial charge in [0.25, 0.3) is 0 Å². The number of rotatable bonds is 6. The van der Waals surface area contributed by atoms with Crippen molar-refractivity contribution in [2.24, 2.45) is 0 Å². The maximum absolute atomic E-state index is 6.11. The SMILES string of the molecule is CCCNC(Cc1cccc(Cl)c1)c1cc(Br)ccc1C. The molecule has 0 heterocycles. The highest BCUT2D eigenvalue weighted by atomic mass is 79.9. The van der Waals surface area contributed by atoms with E-state index in [4.69, 9.17) is 11.6 Å². The van der Waals surface area contributed by atoms with Crippen LogP contribution >= 0.6 is 27.5 Å². The number of benzene rings is 2. The topological polar surface area (TPSA) is 12.0 Å². The van der Waals surface area contributed by atoms with Gasteiger partial charge in [0.15, 0.2) is 0 Å². The fourth-order valence-corrected chi connectivity index (χ4v) is 3.09. The first-order valence-electron chi connectivity index (χ1n) is 7.34. The van der Waals surface area contributed by atoms with Crippen LogP contribution in [0.4, 0.5) is 0 Å². The first kappa shape index (κ1) is 16.5. The second kappa shape index (κ2) is 7.98. The zero-order valence-corrected chi connectivity index (χ0v) is 14.8. The van der Waals surface area contributed by atoms with Gasteiger partial charge < -0.3 is 5.32 Å². The molecule has 1 unspecified atom stereocenters. The smallest absolute Gasteiger partial charge is 0.0408 e. The molecular formula is C18H21BrClN. The van der Waals surface area contributed by atoms with Crippen molar-refractivity contribution in [3.05, 3.63) is 68.7 Å². The lowest BCUT2D eigenvalue weighted by Gasteiger charge is -2.21. The third-order valence-electron chi connectivity index (χ3n) is 3.59. The van der Waals surface area contributed by atoms with Crippen molar-refractivity contribution in [2.45, 2.75) is 32.7 Å². The quantitative estimate of drug-likeness (QED) is 0.692. The van der Waals surface area contributed by atoms with Crippen LogP contribution in [0, 0.1) is 6.92 Å². The van der Waals surface area contributed by atoms with E-state index >= 15 is 0 Å². The fraction of sp³-hybridized carbons (Fsp3) is 0.333. The Bertz CT molecular complexity index is 598. The summed E-state index contributed by atoms with van der Waals surface area (Å²) in [6.07, 6.45) is 2.07. The summed E-state index contributed by atoms with van der Waals surface area (Å²) in [4.78, 5) is 0. The Morgan fingerprint density at radius 2 is 2.00 bits per heavy atom. The molecule has 0 aliphatic rings. The van der Waals surface area contributed by atoms with Gasteiger partial charge in [-0.1, -0.05) is 52.7 Å². The lowest BCUT2D eigenvalue weighted by molar-refractivity contribution is 0.527. The second-order valence-electron chi connectivity index (χ2n) is 5.34. The molecule has 1 atom stereocenters. The Hall–Kier alpha value is -0.830. The molecule has 2 aromatic rings. The molecule has 0 aliphatic carbocycles. The van der Waals surface area contributed by atoms with E-state index in [1.54, 1.807) is 0 Å². The maximum atomic E-state index is 6.11. The molecule has 0 bridgehead atoms. The minimum Gasteiger partial charge on any atom is -0.310 e. The Labute approximate surface area is 140 Å². The van der Waals surface area contributed by atoms with Gasteiger partial charge >= 0.3 is 0 Å². The summed E-state index contributed by atoms with van der Waals surface area (Å²) in [5.74, 6) is 0. The molecule has 1 N–H and O–H groups in total. The lowest BCUT2D eigenvalue weighted by Crippen LogP contribution is -2.24. The van der Waals surface area contributed by atoms with Gasteiger partial charge in [-0.25, -0.2) is 0 Å². The van der Waals surface area contributed by atoms with Crippen LogP contribution in [-0.4, -0.2) is 6.54 Å². The van der Waals surface area contributed by atoms with E-state index in [-0.39, 0.29) is 0 Å². The van der Waals surface area contributed by atoms with Gasteiger partial charge in [0.1, 0.15) is 0 Å². The van der Waals surface area contributed by atoms with Crippen molar-refractivity contribution >= 4 is 27.5 Å². The maximum Gasteiger partial charge on any atom is 0.0408 e. The summed E-state index contributed by atoms with van der Waals surface area (Å²) >= 11 is 9.69. The molecule has 21 heavy (non-hydrogen) atoms. The molecule has 0 spiro atoms. The number of aryl methyl sites for hydroxylation is 1. The summed E-state index contributed by atoms with van der Waals surface area (Å²) in [6, 6.07) is 14.9. The molecule has 0 amide bonds. The molecule has 1 nitrogen and oxygen atoms in total. The van der Waals surface area contributed by atoms with Crippen LogP contribution in [0.5, 0.6) is 0 Å². The van der Waals surface area contributed by atoms with Crippen LogP contribution in [0.3, 0.4) is 0 Å². The van der Waals surface area contributed by atoms with E-state index in [1.165, 1.54) is 16.7 Å². The van der Waals surface area contributed by atoms with Gasteiger partial charge in [0, 0.05) is 15.5 Å². The summed E-state index contributed by atoms with van der Waals surface area (Å²) in [5, 5.41) is 4.46. The molecule has 0 radical (unpaired) electrons. The largest absolute Gasteiger partial charge is 0.310 e. The molecule has 0 aromatic heterocycles. The fourth-order valence-electron chi connectivity index (χ4n) is 2.50. The van der Waals surface area contributed by atoms with Crippen molar-refractivity contribution in [1.29, 1.82) is 0 Å². The summed E-state index contributed by atoms with van der Waals surface area (Å²) < 4.78 is 1.12. The van der Waals surface area contributed by atoms with Crippen LogP contribution in [-0.2, 0) is 6.42 Å². The lowest BCUT2D eigenvalue weighted by atomic mass is 9.95. The normalized spacial score (nSPS) is 12.4. The molecule has 0 saturated heterocycles. The van der Waals surface area contributed by atoms with Gasteiger partial charge in [-0.15, -0.1) is 0 Å². The molecule has 3 heteroatoms. The van der Waals surface area contributed by atoms with Crippen molar-refractivity contribution in [3.63, 3.8) is 0 Å². The summed E-state index contributed by atoms with van der Waals surface area (Å²) in [7, 11) is 0. The zero-order chi connectivity index (χ0) is 15.2. The van der Waals surface area contributed by atoms with Crippen LogP contribution in [0.1, 0.15) is 36.1 Å². The van der Waals surface area contributed by atoms with Gasteiger partial charge in [-0.3, -0.25) is 0 Å². The molecule has 0 fully saturated rings. The van der Waals surface area contributed by atoms with Crippen LogP contribution < -0.4 is 5.32 Å². The highest BCUT2D eigenvalue weighted by Crippen LogP contribution is 2.26. The minimum absolute atomic E-state index is 0.306. The zero-order valence-electron chi connectivity index (χ0n) is 12.5. The van der Waals surface area contributed by atoms with Crippen molar-refractivity contribution in [2.75, 3.05) is 6.54 Å². The van der Waals surface area contributed by atoms with Crippen molar-refractivity contribution < 1.29 is 0 Å². The van der Waals surface area contributed by atoms with E-state index in [1.807, 2.05) is 12.1 Å². The van der Waals surface area contributed by atoms with E-state index in [0.29, 0.717) is 6.04 Å². The van der Waals surface area contributed by atoms with Crippen LogP contribution in [0.2, 0.25) is 5.02 Å². The summed E-state index contributed by atoms with van der Waals surface area (Å²) in [5.41, 5.74) is 3.92. The predicted molar refractivity (Wildman–Crippen MR) is 95.1 cm³/mol. The number of halogens is 2. The standard InChI is InChI=1S/C18H21BrClN/c1-3-9-21-18(11-14-5-4-6-16(20)10-14)17-12-15(19)8-7-13(17)2/h4-8,10,12,18,21H,3,9,11H2,1-2H3. The first-order valence-corrected chi connectivity index (χ1v) is 8.51. The van der Waals surface area contributed by atoms with Gasteiger partial charge in [-0.05, 0) is 67.3 Å². The predicted octanol–water partition coefficient (Wildman–Crippen LogP) is 5.69. The van der Waals surface area contributed by atoms with E-state index < -0.39 is 0 Å². The van der Waals surface area contributed by atoms with Crippen LogP contribution in [0.15, 0.2) is 46.9 Å². The molecule has 112 valence electrons. The average Bonchev–Trinajstić information content (AvgIpc) is 2.46. The molecule has 2 rings (SSSR count). The third-order valence-corrected chi connectivity index (χ3v) is 4.31.